The van der Waals surface area contributed by atoms with E-state index in [-0.39, 0.29) is 5.91 Å². The zero-order valence-corrected chi connectivity index (χ0v) is 19.7. The summed E-state index contributed by atoms with van der Waals surface area (Å²) in [7, 11) is 0. The summed E-state index contributed by atoms with van der Waals surface area (Å²) in [5.74, 6) is 2.49. The highest BCUT2D eigenvalue weighted by molar-refractivity contribution is 5.96. The lowest BCUT2D eigenvalue weighted by atomic mass is 9.89. The summed E-state index contributed by atoms with van der Waals surface area (Å²) in [6, 6.07) is 16.0. The van der Waals surface area contributed by atoms with Gasteiger partial charge in [-0.3, -0.25) is 4.79 Å². The summed E-state index contributed by atoms with van der Waals surface area (Å²) in [5.41, 5.74) is 3.64. The molecule has 0 unspecified atom stereocenters. The first-order valence-electron chi connectivity index (χ1n) is 12.4. The quantitative estimate of drug-likeness (QED) is 0.453. The van der Waals surface area contributed by atoms with Crippen molar-refractivity contribution in [1.29, 1.82) is 0 Å². The van der Waals surface area contributed by atoms with Crippen molar-refractivity contribution in [2.75, 3.05) is 31.1 Å². The summed E-state index contributed by atoms with van der Waals surface area (Å²) < 4.78 is 2.21. The van der Waals surface area contributed by atoms with E-state index < -0.39 is 0 Å². The normalized spacial score (nSPS) is 17.6. The van der Waals surface area contributed by atoms with E-state index in [0.29, 0.717) is 19.0 Å². The van der Waals surface area contributed by atoms with Crippen molar-refractivity contribution >= 4 is 28.4 Å². The fraction of sp³-hybridized carbons (Fsp3) is 0.407. The minimum Gasteiger partial charge on any atom is -0.338 e. The number of rotatable bonds is 3. The van der Waals surface area contributed by atoms with Crippen molar-refractivity contribution in [2.24, 2.45) is 0 Å². The summed E-state index contributed by atoms with van der Waals surface area (Å²) in [6.45, 7) is 4.81. The number of amides is 1. The number of hydrogen-bond donors (Lipinski definition) is 0. The van der Waals surface area contributed by atoms with E-state index in [0.717, 1.165) is 65.4 Å². The van der Waals surface area contributed by atoms with Crippen molar-refractivity contribution in [3.63, 3.8) is 0 Å². The second kappa shape index (κ2) is 8.70. The molecule has 1 amide bonds. The van der Waals surface area contributed by atoms with E-state index in [9.17, 15) is 4.79 Å². The van der Waals surface area contributed by atoms with Crippen LogP contribution in [0.1, 0.15) is 59.8 Å². The molecule has 2 aliphatic rings. The molecule has 3 heterocycles. The fourth-order valence-corrected chi connectivity index (χ4v) is 5.52. The molecule has 7 heteroatoms. The molecule has 34 heavy (non-hydrogen) atoms. The molecular weight excluding hydrogens is 424 g/mol. The van der Waals surface area contributed by atoms with Crippen LogP contribution in [0.2, 0.25) is 0 Å². The monoisotopic (exact) mass is 454 g/mol. The zero-order valence-electron chi connectivity index (χ0n) is 19.7. The second-order valence-electron chi connectivity index (χ2n) is 9.58. The topological polar surface area (TPSA) is 66.6 Å². The Bertz CT molecular complexity index is 1350. The molecule has 0 N–H and O–H groups in total. The van der Waals surface area contributed by atoms with Crippen molar-refractivity contribution < 1.29 is 4.79 Å². The maximum absolute atomic E-state index is 13.1. The SMILES string of the molecule is Cc1ccccc1C(=O)N1CCN(c2nc3ccccc3c3nnc(C4CCCCC4)n23)CC1. The first-order chi connectivity index (χ1) is 16.7. The first kappa shape index (κ1) is 21.1. The maximum Gasteiger partial charge on any atom is 0.254 e. The predicted molar refractivity (Wildman–Crippen MR) is 133 cm³/mol. The lowest BCUT2D eigenvalue weighted by molar-refractivity contribution is 0.0745. The Kier molecular flexibility index (Phi) is 5.40. The van der Waals surface area contributed by atoms with Crippen LogP contribution in [-0.4, -0.2) is 56.6 Å². The van der Waals surface area contributed by atoms with Gasteiger partial charge in [0.1, 0.15) is 5.82 Å². The van der Waals surface area contributed by atoms with E-state index >= 15 is 0 Å². The minimum atomic E-state index is 0.113. The van der Waals surface area contributed by atoms with Gasteiger partial charge in [-0.1, -0.05) is 49.6 Å². The van der Waals surface area contributed by atoms with Crippen molar-refractivity contribution in [1.82, 2.24) is 24.5 Å². The summed E-state index contributed by atoms with van der Waals surface area (Å²) in [4.78, 5) is 22.5. The van der Waals surface area contributed by atoms with Gasteiger partial charge in [0.2, 0.25) is 5.95 Å². The van der Waals surface area contributed by atoms with E-state index in [1.807, 2.05) is 54.3 Å². The number of fused-ring (bicyclic) bond motifs is 3. The fourth-order valence-electron chi connectivity index (χ4n) is 5.52. The molecule has 1 saturated carbocycles. The summed E-state index contributed by atoms with van der Waals surface area (Å²) in [5, 5.41) is 10.4. The largest absolute Gasteiger partial charge is 0.338 e. The van der Waals surface area contributed by atoms with Gasteiger partial charge in [-0.2, -0.15) is 0 Å². The van der Waals surface area contributed by atoms with E-state index in [1.54, 1.807) is 0 Å². The van der Waals surface area contributed by atoms with Gasteiger partial charge in [0.05, 0.1) is 5.52 Å². The van der Waals surface area contributed by atoms with E-state index in [2.05, 4.69) is 20.5 Å². The highest BCUT2D eigenvalue weighted by atomic mass is 16.2. The molecule has 1 saturated heterocycles. The number of carbonyl (C=O) groups is 1. The van der Waals surface area contributed by atoms with Crippen LogP contribution in [0.4, 0.5) is 5.95 Å². The summed E-state index contributed by atoms with van der Waals surface area (Å²) >= 11 is 0. The van der Waals surface area contributed by atoms with Crippen LogP contribution in [0, 0.1) is 6.92 Å². The maximum atomic E-state index is 13.1. The Hall–Kier alpha value is -3.48. The molecule has 4 aromatic rings. The summed E-state index contributed by atoms with van der Waals surface area (Å²) in [6.07, 6.45) is 6.11. The molecule has 0 radical (unpaired) electrons. The number of hydrogen-bond acceptors (Lipinski definition) is 5. The lowest BCUT2D eigenvalue weighted by Gasteiger charge is -2.36. The van der Waals surface area contributed by atoms with Crippen LogP contribution < -0.4 is 4.90 Å². The molecule has 2 fully saturated rings. The number of aromatic nitrogens is 4. The van der Waals surface area contributed by atoms with Crippen molar-refractivity contribution in [3.05, 3.63) is 65.5 Å². The van der Waals surface area contributed by atoms with Crippen LogP contribution in [-0.2, 0) is 0 Å². The average Bonchev–Trinajstić information content (AvgIpc) is 3.34. The Morgan fingerprint density at radius 2 is 1.62 bits per heavy atom. The Balaban J connectivity index is 1.34. The third kappa shape index (κ3) is 3.59. The second-order valence-corrected chi connectivity index (χ2v) is 9.58. The lowest BCUT2D eigenvalue weighted by Crippen LogP contribution is -2.49. The van der Waals surface area contributed by atoms with Gasteiger partial charge in [-0.25, -0.2) is 9.38 Å². The number of anilines is 1. The molecule has 174 valence electrons. The molecule has 1 aliphatic heterocycles. The molecule has 7 nitrogen and oxygen atoms in total. The minimum absolute atomic E-state index is 0.113. The third-order valence-corrected chi connectivity index (χ3v) is 7.45. The van der Waals surface area contributed by atoms with Crippen molar-refractivity contribution in [3.8, 4) is 0 Å². The van der Waals surface area contributed by atoms with Gasteiger partial charge in [0.25, 0.3) is 5.91 Å². The van der Waals surface area contributed by atoms with Gasteiger partial charge in [0.15, 0.2) is 5.65 Å². The number of para-hydroxylation sites is 1. The number of nitrogens with zero attached hydrogens (tertiary/aromatic N) is 6. The van der Waals surface area contributed by atoms with Gasteiger partial charge in [0, 0.05) is 43.0 Å². The van der Waals surface area contributed by atoms with Crippen LogP contribution in [0.15, 0.2) is 48.5 Å². The molecule has 2 aromatic heterocycles. The Morgan fingerprint density at radius 1 is 0.882 bits per heavy atom. The van der Waals surface area contributed by atoms with Gasteiger partial charge in [-0.15, -0.1) is 10.2 Å². The molecule has 6 rings (SSSR count). The standard InChI is InChI=1S/C27H30N6O/c1-19-9-5-6-12-21(19)26(34)31-15-17-32(18-16-31)27-28-23-14-8-7-13-22(23)25-30-29-24(33(25)27)20-10-3-2-4-11-20/h5-9,12-14,20H,2-4,10-11,15-18H2,1H3. The number of aryl methyl sites for hydroxylation is 1. The number of carbonyl (C=O) groups excluding carboxylic acids is 1. The first-order valence-corrected chi connectivity index (χ1v) is 12.4. The molecule has 1 aliphatic carbocycles. The Labute approximate surface area is 199 Å². The predicted octanol–water partition coefficient (Wildman–Crippen LogP) is 4.60. The van der Waals surface area contributed by atoms with Crippen LogP contribution in [0.3, 0.4) is 0 Å². The third-order valence-electron chi connectivity index (χ3n) is 7.45. The number of benzene rings is 2. The average molecular weight is 455 g/mol. The van der Waals surface area contributed by atoms with Crippen LogP contribution >= 0.6 is 0 Å². The molecule has 2 aromatic carbocycles. The van der Waals surface area contributed by atoms with Crippen molar-refractivity contribution in [2.45, 2.75) is 44.9 Å². The Morgan fingerprint density at radius 3 is 2.41 bits per heavy atom. The molecular formula is C27H30N6O. The molecule has 0 spiro atoms. The van der Waals surface area contributed by atoms with Crippen LogP contribution in [0.5, 0.6) is 0 Å². The van der Waals surface area contributed by atoms with Crippen LogP contribution in [0.25, 0.3) is 16.6 Å². The van der Waals surface area contributed by atoms with Gasteiger partial charge >= 0.3 is 0 Å². The zero-order chi connectivity index (χ0) is 23.1. The molecule has 0 atom stereocenters. The number of piperazine rings is 1. The van der Waals surface area contributed by atoms with Gasteiger partial charge < -0.3 is 9.80 Å². The van der Waals surface area contributed by atoms with E-state index in [1.165, 1.54) is 19.3 Å². The molecule has 0 bridgehead atoms. The van der Waals surface area contributed by atoms with Gasteiger partial charge in [-0.05, 0) is 43.5 Å². The highest BCUT2D eigenvalue weighted by Crippen LogP contribution is 2.34. The highest BCUT2D eigenvalue weighted by Gasteiger charge is 2.29. The van der Waals surface area contributed by atoms with E-state index in [4.69, 9.17) is 10.1 Å². The smallest absolute Gasteiger partial charge is 0.254 e.